The average Bonchev–Trinajstić information content (AvgIpc) is 2.68. The molecule has 0 saturated heterocycles. The van der Waals surface area contributed by atoms with Gasteiger partial charge in [0, 0.05) is 5.56 Å². The monoisotopic (exact) mass is 348 g/mol. The molecule has 0 heterocycles. The molecule has 3 aromatic rings. The number of benzene rings is 3. The normalized spacial score (nSPS) is 10.7. The van der Waals surface area contributed by atoms with Gasteiger partial charge in [-0.25, -0.2) is 8.78 Å². The zero-order valence-electron chi connectivity index (χ0n) is 14.7. The van der Waals surface area contributed by atoms with E-state index in [9.17, 15) is 8.78 Å². The quantitative estimate of drug-likeness (QED) is 0.313. The van der Waals surface area contributed by atoms with E-state index in [4.69, 9.17) is 0 Å². The van der Waals surface area contributed by atoms with E-state index in [1.54, 1.807) is 12.1 Å². The third-order valence-electron chi connectivity index (χ3n) is 4.53. The fraction of sp³-hybridized carbons (Fsp3) is 0.167. The first-order valence-electron chi connectivity index (χ1n) is 8.94. The standard InChI is InChI=1S/C24H22F2/c1-2-3-4-5-10-18-11-8-12-19(17-18)20-13-6-7-14-21(20)22-15-9-16-23(25)24(22)26/h2,6-9,11-17H,1,3-5,10H2. The summed E-state index contributed by atoms with van der Waals surface area (Å²) in [7, 11) is 0. The molecule has 0 unspecified atom stereocenters. The summed E-state index contributed by atoms with van der Waals surface area (Å²) in [4.78, 5) is 0. The van der Waals surface area contributed by atoms with Crippen LogP contribution in [0.25, 0.3) is 22.3 Å². The second-order valence-electron chi connectivity index (χ2n) is 6.38. The number of unbranched alkanes of at least 4 members (excludes halogenated alkanes) is 2. The Kier molecular flexibility index (Phi) is 5.96. The average molecular weight is 348 g/mol. The van der Waals surface area contributed by atoms with Crippen LogP contribution in [0.3, 0.4) is 0 Å². The van der Waals surface area contributed by atoms with Gasteiger partial charge in [-0.15, -0.1) is 6.58 Å². The van der Waals surface area contributed by atoms with Gasteiger partial charge in [0.1, 0.15) is 0 Å². The van der Waals surface area contributed by atoms with Crippen molar-refractivity contribution in [1.29, 1.82) is 0 Å². The van der Waals surface area contributed by atoms with Crippen molar-refractivity contribution < 1.29 is 8.78 Å². The summed E-state index contributed by atoms with van der Waals surface area (Å²) in [5, 5.41) is 0. The molecule has 0 bridgehead atoms. The molecule has 0 fully saturated rings. The lowest BCUT2D eigenvalue weighted by Gasteiger charge is -2.12. The molecule has 0 radical (unpaired) electrons. The second-order valence-corrected chi connectivity index (χ2v) is 6.38. The maximum Gasteiger partial charge on any atom is 0.166 e. The largest absolute Gasteiger partial charge is 0.204 e. The van der Waals surface area contributed by atoms with E-state index in [0.717, 1.165) is 42.9 Å². The van der Waals surface area contributed by atoms with Gasteiger partial charge >= 0.3 is 0 Å². The molecule has 3 aromatic carbocycles. The lowest BCUT2D eigenvalue weighted by Crippen LogP contribution is -1.92. The lowest BCUT2D eigenvalue weighted by molar-refractivity contribution is 0.511. The molecule has 0 aromatic heterocycles. The molecule has 0 spiro atoms. The van der Waals surface area contributed by atoms with Crippen molar-refractivity contribution in [2.75, 3.05) is 0 Å². The summed E-state index contributed by atoms with van der Waals surface area (Å²) < 4.78 is 28.0. The molecule has 0 N–H and O–H groups in total. The number of rotatable bonds is 7. The highest BCUT2D eigenvalue weighted by Crippen LogP contribution is 2.34. The van der Waals surface area contributed by atoms with Gasteiger partial charge in [0.15, 0.2) is 11.6 Å². The van der Waals surface area contributed by atoms with Crippen molar-refractivity contribution in [3.05, 3.63) is 96.6 Å². The third-order valence-corrected chi connectivity index (χ3v) is 4.53. The Morgan fingerprint density at radius 1 is 0.769 bits per heavy atom. The van der Waals surface area contributed by atoms with E-state index in [2.05, 4.69) is 18.7 Å². The van der Waals surface area contributed by atoms with Gasteiger partial charge in [0.05, 0.1) is 0 Å². The number of hydrogen-bond acceptors (Lipinski definition) is 0. The topological polar surface area (TPSA) is 0 Å². The number of halogens is 2. The van der Waals surface area contributed by atoms with Crippen LogP contribution in [-0.2, 0) is 6.42 Å². The minimum Gasteiger partial charge on any atom is -0.204 e. The van der Waals surface area contributed by atoms with Crippen molar-refractivity contribution in [2.24, 2.45) is 0 Å². The molecule has 0 atom stereocenters. The van der Waals surface area contributed by atoms with E-state index in [1.807, 2.05) is 42.5 Å². The van der Waals surface area contributed by atoms with Crippen molar-refractivity contribution in [1.82, 2.24) is 0 Å². The number of allylic oxidation sites excluding steroid dienone is 1. The van der Waals surface area contributed by atoms with Crippen LogP contribution in [0.5, 0.6) is 0 Å². The SMILES string of the molecule is C=CCCCCc1cccc(-c2ccccc2-c2cccc(F)c2F)c1. The van der Waals surface area contributed by atoms with Crippen molar-refractivity contribution in [3.63, 3.8) is 0 Å². The minimum atomic E-state index is -0.826. The summed E-state index contributed by atoms with van der Waals surface area (Å²) in [6.07, 6.45) is 6.20. The van der Waals surface area contributed by atoms with Crippen LogP contribution in [0.2, 0.25) is 0 Å². The molecule has 0 nitrogen and oxygen atoms in total. The molecular formula is C24H22F2. The fourth-order valence-electron chi connectivity index (χ4n) is 3.19. The Balaban J connectivity index is 1.95. The highest BCUT2D eigenvalue weighted by molar-refractivity contribution is 5.83. The van der Waals surface area contributed by atoms with Crippen molar-refractivity contribution in [3.8, 4) is 22.3 Å². The molecule has 26 heavy (non-hydrogen) atoms. The van der Waals surface area contributed by atoms with Gasteiger partial charge in [-0.1, -0.05) is 66.7 Å². The van der Waals surface area contributed by atoms with Crippen molar-refractivity contribution >= 4 is 0 Å². The van der Waals surface area contributed by atoms with Crippen LogP contribution in [0.4, 0.5) is 8.78 Å². The lowest BCUT2D eigenvalue weighted by atomic mass is 9.92. The molecule has 0 amide bonds. The van der Waals surface area contributed by atoms with Crippen LogP contribution in [0.15, 0.2) is 79.4 Å². The minimum absolute atomic E-state index is 0.289. The molecule has 3 rings (SSSR count). The fourth-order valence-corrected chi connectivity index (χ4v) is 3.19. The summed E-state index contributed by atoms with van der Waals surface area (Å²) >= 11 is 0. The summed E-state index contributed by atoms with van der Waals surface area (Å²) in [5.74, 6) is -1.63. The maximum absolute atomic E-state index is 14.3. The Hall–Kier alpha value is -2.74. The zero-order chi connectivity index (χ0) is 18.4. The molecule has 0 aliphatic heterocycles. The predicted octanol–water partition coefficient (Wildman–Crippen LogP) is 7.20. The van der Waals surface area contributed by atoms with E-state index < -0.39 is 11.6 Å². The van der Waals surface area contributed by atoms with E-state index in [1.165, 1.54) is 5.56 Å². The summed E-state index contributed by atoms with van der Waals surface area (Å²) in [6, 6.07) is 20.2. The van der Waals surface area contributed by atoms with Crippen LogP contribution in [0.1, 0.15) is 24.8 Å². The first-order valence-corrected chi connectivity index (χ1v) is 8.94. The van der Waals surface area contributed by atoms with Gasteiger partial charge < -0.3 is 0 Å². The van der Waals surface area contributed by atoms with Gasteiger partial charge in [-0.3, -0.25) is 0 Å². The van der Waals surface area contributed by atoms with Crippen LogP contribution >= 0.6 is 0 Å². The van der Waals surface area contributed by atoms with Gasteiger partial charge in [-0.2, -0.15) is 0 Å². The third kappa shape index (κ3) is 4.08. The Morgan fingerprint density at radius 2 is 1.50 bits per heavy atom. The smallest absolute Gasteiger partial charge is 0.166 e. The van der Waals surface area contributed by atoms with E-state index in [0.29, 0.717) is 5.56 Å². The van der Waals surface area contributed by atoms with Crippen LogP contribution < -0.4 is 0 Å². The molecular weight excluding hydrogens is 326 g/mol. The van der Waals surface area contributed by atoms with E-state index >= 15 is 0 Å². The van der Waals surface area contributed by atoms with Crippen LogP contribution in [-0.4, -0.2) is 0 Å². The number of hydrogen-bond donors (Lipinski definition) is 0. The molecule has 132 valence electrons. The van der Waals surface area contributed by atoms with E-state index in [-0.39, 0.29) is 5.56 Å². The highest BCUT2D eigenvalue weighted by atomic mass is 19.2. The van der Waals surface area contributed by atoms with Gasteiger partial charge in [-0.05, 0) is 54.0 Å². The second kappa shape index (κ2) is 8.57. The van der Waals surface area contributed by atoms with Crippen LogP contribution in [0, 0.1) is 11.6 Å². The van der Waals surface area contributed by atoms with Gasteiger partial charge in [0.25, 0.3) is 0 Å². The number of aryl methyl sites for hydroxylation is 1. The molecule has 0 saturated carbocycles. The molecule has 0 aliphatic carbocycles. The predicted molar refractivity (Wildman–Crippen MR) is 105 cm³/mol. The zero-order valence-corrected chi connectivity index (χ0v) is 14.7. The Bertz CT molecular complexity index is 896. The summed E-state index contributed by atoms with van der Waals surface area (Å²) in [6.45, 7) is 3.75. The first-order chi connectivity index (χ1) is 12.7. The van der Waals surface area contributed by atoms with Gasteiger partial charge in [0.2, 0.25) is 0 Å². The Labute approximate surface area is 153 Å². The first kappa shape index (κ1) is 18.1. The molecule has 2 heteroatoms. The highest BCUT2D eigenvalue weighted by Gasteiger charge is 2.14. The Morgan fingerprint density at radius 3 is 2.31 bits per heavy atom. The maximum atomic E-state index is 14.3. The molecule has 0 aliphatic rings. The van der Waals surface area contributed by atoms with Crippen molar-refractivity contribution in [2.45, 2.75) is 25.7 Å². The summed E-state index contributed by atoms with van der Waals surface area (Å²) in [5.41, 5.74) is 4.17.